The summed E-state index contributed by atoms with van der Waals surface area (Å²) in [5, 5.41) is 27.7. The Morgan fingerprint density at radius 2 is 1.19 bits per heavy atom. The molecule has 4 heteroatoms. The molecule has 1 aliphatic rings. The Hall–Kier alpha value is -2.04. The number of nitrogens with one attached hydrogen (secondary N) is 2. The summed E-state index contributed by atoms with van der Waals surface area (Å²) >= 11 is 0. The highest BCUT2D eigenvalue weighted by Crippen LogP contribution is 2.25. The Balaban J connectivity index is 1.61. The average molecular weight is 354 g/mol. The minimum absolute atomic E-state index is 0.371. The van der Waals surface area contributed by atoms with E-state index in [2.05, 4.69) is 10.6 Å². The average Bonchev–Trinajstić information content (AvgIpc) is 2.65. The number of phenolic OH excluding ortho intramolecular Hbond substituents is 2. The summed E-state index contributed by atoms with van der Waals surface area (Å²) in [4.78, 5) is 0. The molecule has 0 radical (unpaired) electrons. The molecule has 2 atom stereocenters. The largest absolute Gasteiger partial charge is 0.507 e. The molecular formula is C22H30N2O2. The second-order valence-corrected chi connectivity index (χ2v) is 7.42. The highest BCUT2D eigenvalue weighted by molar-refractivity contribution is 5.40. The first kappa shape index (κ1) is 18.7. The summed E-state index contributed by atoms with van der Waals surface area (Å²) in [6, 6.07) is 12.5. The fourth-order valence-corrected chi connectivity index (χ4v) is 3.83. The standard InChI is InChI=1S/C22H30N2O2/c1-15-7-5-9-17(21(15)25)13-23-19-11-3-4-12-20(19)24-14-18-10-6-8-16(2)22(18)26/h5-10,19-20,23-26H,3-4,11-14H2,1-2H3. The fourth-order valence-electron chi connectivity index (χ4n) is 3.83. The maximum atomic E-state index is 10.2. The third-order valence-corrected chi connectivity index (χ3v) is 5.52. The summed E-state index contributed by atoms with van der Waals surface area (Å²) < 4.78 is 0. The first-order chi connectivity index (χ1) is 12.6. The van der Waals surface area contributed by atoms with Crippen LogP contribution >= 0.6 is 0 Å². The van der Waals surface area contributed by atoms with Crippen LogP contribution in [0.5, 0.6) is 11.5 Å². The van der Waals surface area contributed by atoms with Gasteiger partial charge in [0.2, 0.25) is 0 Å². The van der Waals surface area contributed by atoms with Crippen molar-refractivity contribution >= 4 is 0 Å². The zero-order chi connectivity index (χ0) is 18.5. The lowest BCUT2D eigenvalue weighted by molar-refractivity contribution is 0.279. The summed E-state index contributed by atoms with van der Waals surface area (Å²) in [5.74, 6) is 0.787. The quantitative estimate of drug-likeness (QED) is 0.635. The molecule has 2 unspecified atom stereocenters. The number of rotatable bonds is 6. The molecule has 0 heterocycles. The third kappa shape index (κ3) is 4.37. The topological polar surface area (TPSA) is 64.5 Å². The first-order valence-corrected chi connectivity index (χ1v) is 9.58. The van der Waals surface area contributed by atoms with E-state index in [9.17, 15) is 10.2 Å². The van der Waals surface area contributed by atoms with Gasteiger partial charge in [0.15, 0.2) is 0 Å². The Bertz CT molecular complexity index is 681. The molecule has 140 valence electrons. The van der Waals surface area contributed by atoms with Gasteiger partial charge in [-0.2, -0.15) is 0 Å². The van der Waals surface area contributed by atoms with Crippen molar-refractivity contribution in [2.24, 2.45) is 0 Å². The lowest BCUT2D eigenvalue weighted by atomic mass is 9.89. The normalized spacial score (nSPS) is 20.2. The van der Waals surface area contributed by atoms with E-state index in [0.717, 1.165) is 35.1 Å². The molecule has 0 amide bonds. The van der Waals surface area contributed by atoms with E-state index in [1.807, 2.05) is 50.2 Å². The van der Waals surface area contributed by atoms with E-state index >= 15 is 0 Å². The zero-order valence-electron chi connectivity index (χ0n) is 15.8. The second-order valence-electron chi connectivity index (χ2n) is 7.42. The molecule has 0 aromatic heterocycles. The Morgan fingerprint density at radius 3 is 1.62 bits per heavy atom. The van der Waals surface area contributed by atoms with Crippen molar-refractivity contribution in [2.45, 2.75) is 64.7 Å². The van der Waals surface area contributed by atoms with Crippen LogP contribution in [0.4, 0.5) is 0 Å². The minimum Gasteiger partial charge on any atom is -0.507 e. The van der Waals surface area contributed by atoms with Gasteiger partial charge in [0.25, 0.3) is 0 Å². The van der Waals surface area contributed by atoms with E-state index in [1.165, 1.54) is 12.8 Å². The maximum absolute atomic E-state index is 10.2. The second kappa shape index (κ2) is 8.56. The van der Waals surface area contributed by atoms with Gasteiger partial charge in [0, 0.05) is 36.3 Å². The molecule has 1 saturated carbocycles. The molecule has 0 spiro atoms. The molecule has 3 rings (SSSR count). The highest BCUT2D eigenvalue weighted by atomic mass is 16.3. The van der Waals surface area contributed by atoms with Crippen LogP contribution in [0.3, 0.4) is 0 Å². The SMILES string of the molecule is Cc1cccc(CNC2CCCCC2NCc2cccc(C)c2O)c1O. The number of para-hydroxylation sites is 2. The van der Waals surface area contributed by atoms with Gasteiger partial charge in [-0.1, -0.05) is 49.2 Å². The third-order valence-electron chi connectivity index (χ3n) is 5.52. The molecule has 4 nitrogen and oxygen atoms in total. The molecular weight excluding hydrogens is 324 g/mol. The van der Waals surface area contributed by atoms with Crippen molar-refractivity contribution in [2.75, 3.05) is 0 Å². The Kier molecular flexibility index (Phi) is 6.17. The predicted octanol–water partition coefficient (Wildman–Crippen LogP) is 3.91. The number of hydrogen-bond acceptors (Lipinski definition) is 4. The van der Waals surface area contributed by atoms with Gasteiger partial charge < -0.3 is 20.8 Å². The monoisotopic (exact) mass is 354 g/mol. The van der Waals surface area contributed by atoms with Gasteiger partial charge in [0.05, 0.1) is 0 Å². The van der Waals surface area contributed by atoms with Crippen LogP contribution in [0.1, 0.15) is 47.9 Å². The number of hydrogen-bond donors (Lipinski definition) is 4. The minimum atomic E-state index is 0.371. The lowest BCUT2D eigenvalue weighted by Gasteiger charge is -2.33. The molecule has 1 fully saturated rings. The fraction of sp³-hybridized carbons (Fsp3) is 0.455. The number of phenols is 2. The molecule has 0 aliphatic heterocycles. The van der Waals surface area contributed by atoms with E-state index in [4.69, 9.17) is 0 Å². The smallest absolute Gasteiger partial charge is 0.122 e. The van der Waals surface area contributed by atoms with Crippen molar-refractivity contribution in [3.05, 3.63) is 58.7 Å². The Labute approximate surface area is 156 Å². The first-order valence-electron chi connectivity index (χ1n) is 9.58. The summed E-state index contributed by atoms with van der Waals surface area (Å²) in [5.41, 5.74) is 3.73. The maximum Gasteiger partial charge on any atom is 0.122 e. The summed E-state index contributed by atoms with van der Waals surface area (Å²) in [7, 11) is 0. The van der Waals surface area contributed by atoms with E-state index in [0.29, 0.717) is 36.7 Å². The molecule has 2 aromatic carbocycles. The van der Waals surface area contributed by atoms with Crippen LogP contribution in [0.25, 0.3) is 0 Å². The highest BCUT2D eigenvalue weighted by Gasteiger charge is 2.24. The summed E-state index contributed by atoms with van der Waals surface area (Å²) in [6.07, 6.45) is 4.71. The van der Waals surface area contributed by atoms with Crippen molar-refractivity contribution in [1.82, 2.24) is 10.6 Å². The van der Waals surface area contributed by atoms with E-state index in [-0.39, 0.29) is 0 Å². The van der Waals surface area contributed by atoms with Gasteiger partial charge in [-0.25, -0.2) is 0 Å². The van der Waals surface area contributed by atoms with Crippen molar-refractivity contribution in [1.29, 1.82) is 0 Å². The van der Waals surface area contributed by atoms with Crippen LogP contribution in [-0.2, 0) is 13.1 Å². The molecule has 4 N–H and O–H groups in total. The van der Waals surface area contributed by atoms with Gasteiger partial charge in [0.1, 0.15) is 11.5 Å². The summed E-state index contributed by atoms with van der Waals surface area (Å²) in [6.45, 7) is 5.20. The lowest BCUT2D eigenvalue weighted by Crippen LogP contribution is -2.49. The molecule has 2 aromatic rings. The van der Waals surface area contributed by atoms with Gasteiger partial charge in [-0.15, -0.1) is 0 Å². The van der Waals surface area contributed by atoms with Crippen molar-refractivity contribution < 1.29 is 10.2 Å². The number of benzene rings is 2. The van der Waals surface area contributed by atoms with Gasteiger partial charge in [-0.05, 0) is 37.8 Å². The Morgan fingerprint density at radius 1 is 0.769 bits per heavy atom. The van der Waals surface area contributed by atoms with Crippen LogP contribution in [0, 0.1) is 13.8 Å². The van der Waals surface area contributed by atoms with Crippen LogP contribution in [0.15, 0.2) is 36.4 Å². The zero-order valence-corrected chi connectivity index (χ0v) is 15.8. The van der Waals surface area contributed by atoms with Crippen LogP contribution < -0.4 is 10.6 Å². The van der Waals surface area contributed by atoms with Crippen LogP contribution in [0.2, 0.25) is 0 Å². The molecule has 1 aliphatic carbocycles. The van der Waals surface area contributed by atoms with Crippen LogP contribution in [-0.4, -0.2) is 22.3 Å². The van der Waals surface area contributed by atoms with E-state index < -0.39 is 0 Å². The van der Waals surface area contributed by atoms with Gasteiger partial charge in [-0.3, -0.25) is 0 Å². The van der Waals surface area contributed by atoms with Crippen molar-refractivity contribution in [3.8, 4) is 11.5 Å². The predicted molar refractivity (Wildman–Crippen MR) is 105 cm³/mol. The van der Waals surface area contributed by atoms with E-state index in [1.54, 1.807) is 0 Å². The molecule has 0 saturated heterocycles. The molecule has 26 heavy (non-hydrogen) atoms. The molecule has 0 bridgehead atoms. The van der Waals surface area contributed by atoms with Crippen molar-refractivity contribution in [3.63, 3.8) is 0 Å². The van der Waals surface area contributed by atoms with Gasteiger partial charge >= 0.3 is 0 Å². The number of aromatic hydroxyl groups is 2. The number of aryl methyl sites for hydroxylation is 2.